The number of nitrogens with zero attached hydrogens (tertiary/aromatic N) is 2. The number of carbonyl (C=O) groups is 2. The highest BCUT2D eigenvalue weighted by molar-refractivity contribution is 6.00. The van der Waals surface area contributed by atoms with E-state index in [4.69, 9.17) is 0 Å². The van der Waals surface area contributed by atoms with Gasteiger partial charge in [0.25, 0.3) is 0 Å². The van der Waals surface area contributed by atoms with Gasteiger partial charge in [0, 0.05) is 25.7 Å². The molecule has 1 aromatic carbocycles. The van der Waals surface area contributed by atoms with Crippen molar-refractivity contribution in [1.29, 1.82) is 0 Å². The number of amides is 2. The zero-order valence-electron chi connectivity index (χ0n) is 11.9. The Morgan fingerprint density at radius 3 is 2.53 bits per heavy atom. The Labute approximate surface area is 114 Å². The lowest BCUT2D eigenvalue weighted by Crippen LogP contribution is -2.57. The highest BCUT2D eigenvalue weighted by Gasteiger charge is 2.33. The second-order valence-corrected chi connectivity index (χ2v) is 5.17. The summed E-state index contributed by atoms with van der Waals surface area (Å²) in [7, 11) is 0. The van der Waals surface area contributed by atoms with Gasteiger partial charge in [0.1, 0.15) is 6.04 Å². The summed E-state index contributed by atoms with van der Waals surface area (Å²) in [5.74, 6) is -0.0467. The van der Waals surface area contributed by atoms with Crippen molar-refractivity contribution in [1.82, 2.24) is 4.90 Å². The van der Waals surface area contributed by atoms with Crippen molar-refractivity contribution < 1.29 is 9.59 Å². The largest absolute Gasteiger partial charge is 0.329 e. The molecule has 1 fully saturated rings. The van der Waals surface area contributed by atoms with Crippen molar-refractivity contribution in [3.63, 3.8) is 0 Å². The number of hydrogen-bond acceptors (Lipinski definition) is 2. The summed E-state index contributed by atoms with van der Waals surface area (Å²) in [5.41, 5.74) is 3.23. The monoisotopic (exact) mass is 260 g/mol. The van der Waals surface area contributed by atoms with Gasteiger partial charge >= 0.3 is 0 Å². The maximum absolute atomic E-state index is 12.4. The molecule has 1 aromatic rings. The van der Waals surface area contributed by atoms with Crippen LogP contribution in [0.3, 0.4) is 0 Å². The van der Waals surface area contributed by atoms with Gasteiger partial charge < -0.3 is 9.80 Å². The first-order valence-electron chi connectivity index (χ1n) is 6.57. The Bertz CT molecular complexity index is 525. The van der Waals surface area contributed by atoms with Gasteiger partial charge in [0.15, 0.2) is 0 Å². The van der Waals surface area contributed by atoms with Gasteiger partial charge in [-0.3, -0.25) is 9.59 Å². The number of rotatable bonds is 1. The summed E-state index contributed by atoms with van der Waals surface area (Å²) in [6.07, 6.45) is 0. The van der Waals surface area contributed by atoms with Crippen molar-refractivity contribution in [3.8, 4) is 0 Å². The molecule has 4 nitrogen and oxygen atoms in total. The molecule has 102 valence electrons. The van der Waals surface area contributed by atoms with E-state index >= 15 is 0 Å². The lowest BCUT2D eigenvalue weighted by atomic mass is 10.1. The molecule has 0 radical (unpaired) electrons. The van der Waals surface area contributed by atoms with Gasteiger partial charge in [-0.2, -0.15) is 0 Å². The summed E-state index contributed by atoms with van der Waals surface area (Å²) in [6, 6.07) is 5.69. The van der Waals surface area contributed by atoms with Crippen molar-refractivity contribution in [2.45, 2.75) is 33.7 Å². The van der Waals surface area contributed by atoms with Crippen LogP contribution < -0.4 is 4.90 Å². The number of carbonyl (C=O) groups excluding carboxylic acids is 2. The number of anilines is 1. The van der Waals surface area contributed by atoms with Crippen molar-refractivity contribution in [3.05, 3.63) is 29.3 Å². The van der Waals surface area contributed by atoms with Crippen LogP contribution in [0.4, 0.5) is 5.69 Å². The molecule has 1 atom stereocenters. The molecule has 0 aromatic heterocycles. The lowest BCUT2D eigenvalue weighted by Gasteiger charge is -2.39. The molecule has 1 aliphatic rings. The van der Waals surface area contributed by atoms with Crippen LogP contribution in [0.1, 0.15) is 25.0 Å². The van der Waals surface area contributed by atoms with E-state index in [0.29, 0.717) is 13.1 Å². The Balaban J connectivity index is 2.28. The van der Waals surface area contributed by atoms with E-state index in [1.807, 2.05) is 26.0 Å². The Kier molecular flexibility index (Phi) is 3.60. The van der Waals surface area contributed by atoms with Crippen LogP contribution in [0.5, 0.6) is 0 Å². The van der Waals surface area contributed by atoms with Gasteiger partial charge in [0.2, 0.25) is 11.8 Å². The van der Waals surface area contributed by atoms with Crippen molar-refractivity contribution in [2.75, 3.05) is 18.0 Å². The van der Waals surface area contributed by atoms with Crippen molar-refractivity contribution in [2.24, 2.45) is 0 Å². The minimum Gasteiger partial charge on any atom is -0.329 e. The fourth-order valence-electron chi connectivity index (χ4n) is 2.65. The summed E-state index contributed by atoms with van der Waals surface area (Å²) >= 11 is 0. The average molecular weight is 260 g/mol. The predicted octanol–water partition coefficient (Wildman–Crippen LogP) is 1.89. The van der Waals surface area contributed by atoms with Gasteiger partial charge in [-0.25, -0.2) is 0 Å². The SMILES string of the molecule is CC(=O)N1CCN(c2ccc(C)cc2C)C(=O)C1C. The second kappa shape index (κ2) is 5.03. The maximum atomic E-state index is 12.4. The zero-order chi connectivity index (χ0) is 14.2. The number of hydrogen-bond donors (Lipinski definition) is 0. The molecule has 1 unspecified atom stereocenters. The normalized spacial score (nSPS) is 19.8. The van der Waals surface area contributed by atoms with Gasteiger partial charge in [-0.1, -0.05) is 17.7 Å². The van der Waals surface area contributed by atoms with E-state index in [0.717, 1.165) is 11.3 Å². The topological polar surface area (TPSA) is 40.6 Å². The van der Waals surface area contributed by atoms with Crippen LogP contribution in [0, 0.1) is 13.8 Å². The minimum absolute atomic E-state index is 0.00611. The summed E-state index contributed by atoms with van der Waals surface area (Å²) in [4.78, 5) is 27.3. The second-order valence-electron chi connectivity index (χ2n) is 5.17. The first-order chi connectivity index (χ1) is 8.91. The Hall–Kier alpha value is -1.84. The van der Waals surface area contributed by atoms with Crippen LogP contribution in [-0.4, -0.2) is 35.8 Å². The van der Waals surface area contributed by atoms with Gasteiger partial charge in [-0.15, -0.1) is 0 Å². The van der Waals surface area contributed by atoms with E-state index in [1.54, 1.807) is 16.7 Å². The smallest absolute Gasteiger partial charge is 0.249 e. The van der Waals surface area contributed by atoms with Gasteiger partial charge in [0.05, 0.1) is 0 Å². The molecule has 0 bridgehead atoms. The molecule has 19 heavy (non-hydrogen) atoms. The highest BCUT2D eigenvalue weighted by Crippen LogP contribution is 2.24. The van der Waals surface area contributed by atoms with E-state index in [-0.39, 0.29) is 17.9 Å². The van der Waals surface area contributed by atoms with Crippen molar-refractivity contribution >= 4 is 17.5 Å². The fourth-order valence-corrected chi connectivity index (χ4v) is 2.65. The first kappa shape index (κ1) is 13.6. The van der Waals surface area contributed by atoms with Crippen LogP contribution >= 0.6 is 0 Å². The third kappa shape index (κ3) is 2.48. The van der Waals surface area contributed by atoms with E-state index in [1.165, 1.54) is 12.5 Å². The minimum atomic E-state index is -0.382. The Morgan fingerprint density at radius 1 is 1.26 bits per heavy atom. The molecule has 2 rings (SSSR count). The standard InChI is InChI=1S/C15H20N2O2/c1-10-5-6-14(11(2)9-10)17-8-7-16(13(4)18)12(3)15(17)19/h5-6,9,12H,7-8H2,1-4H3. The molecule has 4 heteroatoms. The average Bonchev–Trinajstić information content (AvgIpc) is 2.33. The Morgan fingerprint density at radius 2 is 1.95 bits per heavy atom. The molecular weight excluding hydrogens is 240 g/mol. The van der Waals surface area contributed by atoms with Gasteiger partial charge in [-0.05, 0) is 32.4 Å². The lowest BCUT2D eigenvalue weighted by molar-refractivity contribution is -0.139. The molecule has 0 N–H and O–H groups in total. The van der Waals surface area contributed by atoms with E-state index in [9.17, 15) is 9.59 Å². The quantitative estimate of drug-likeness (QED) is 0.773. The van der Waals surface area contributed by atoms with E-state index < -0.39 is 0 Å². The molecule has 1 heterocycles. The van der Waals surface area contributed by atoms with Crippen LogP contribution in [0.25, 0.3) is 0 Å². The zero-order valence-corrected chi connectivity index (χ0v) is 11.9. The first-order valence-corrected chi connectivity index (χ1v) is 6.57. The van der Waals surface area contributed by atoms with Crippen LogP contribution in [-0.2, 0) is 9.59 Å². The molecule has 0 saturated carbocycles. The summed E-state index contributed by atoms with van der Waals surface area (Å²) in [5, 5.41) is 0. The number of aryl methyl sites for hydroxylation is 2. The fraction of sp³-hybridized carbons (Fsp3) is 0.467. The third-order valence-electron chi connectivity index (χ3n) is 3.70. The number of piperazine rings is 1. The summed E-state index contributed by atoms with van der Waals surface area (Å²) in [6.45, 7) is 8.50. The molecule has 1 aliphatic heterocycles. The third-order valence-corrected chi connectivity index (χ3v) is 3.70. The van der Waals surface area contributed by atoms with Crippen LogP contribution in [0.15, 0.2) is 18.2 Å². The number of benzene rings is 1. The van der Waals surface area contributed by atoms with Crippen LogP contribution in [0.2, 0.25) is 0 Å². The summed E-state index contributed by atoms with van der Waals surface area (Å²) < 4.78 is 0. The molecule has 0 aliphatic carbocycles. The van der Waals surface area contributed by atoms with E-state index in [2.05, 4.69) is 6.07 Å². The maximum Gasteiger partial charge on any atom is 0.249 e. The molecular formula is C15H20N2O2. The predicted molar refractivity (Wildman–Crippen MR) is 75.1 cm³/mol. The molecule has 1 saturated heterocycles. The highest BCUT2D eigenvalue weighted by atomic mass is 16.2. The molecule has 2 amide bonds. The molecule has 0 spiro atoms.